The van der Waals surface area contributed by atoms with Gasteiger partial charge in [-0.3, -0.25) is 0 Å². The second-order valence-electron chi connectivity index (χ2n) is 4.52. The van der Waals surface area contributed by atoms with Crippen LogP contribution in [0.4, 0.5) is 0 Å². The molecule has 1 unspecified atom stereocenters. The minimum atomic E-state index is 0.219. The van der Waals surface area contributed by atoms with Crippen LogP contribution in [0.5, 0.6) is 0 Å². The van der Waals surface area contributed by atoms with Gasteiger partial charge in [0.15, 0.2) is 0 Å². The second kappa shape index (κ2) is 4.89. The van der Waals surface area contributed by atoms with E-state index < -0.39 is 0 Å². The van der Waals surface area contributed by atoms with Gasteiger partial charge in [-0.15, -0.1) is 0 Å². The average molecular weight is 213 g/mol. The van der Waals surface area contributed by atoms with E-state index in [0.717, 1.165) is 12.2 Å². The van der Waals surface area contributed by atoms with Gasteiger partial charge < -0.3 is 10.2 Å². The number of hydrogen-bond acceptors (Lipinski definition) is 3. The molecule has 0 amide bonds. The van der Waals surface area contributed by atoms with E-state index in [-0.39, 0.29) is 6.04 Å². The standard InChI is InChI=1S/C11H19NOS/c1-11(2,3)14-8-10(12)6-9-4-5-13-7-9/h4-5,7,10H,6,8,12H2,1-3H3. The Morgan fingerprint density at radius 1 is 1.50 bits per heavy atom. The summed E-state index contributed by atoms with van der Waals surface area (Å²) < 4.78 is 5.30. The highest BCUT2D eigenvalue weighted by Gasteiger charge is 2.13. The van der Waals surface area contributed by atoms with Crippen LogP contribution in [0.3, 0.4) is 0 Å². The molecule has 1 aromatic rings. The van der Waals surface area contributed by atoms with Gasteiger partial charge >= 0.3 is 0 Å². The fourth-order valence-electron chi connectivity index (χ4n) is 1.13. The predicted molar refractivity (Wildman–Crippen MR) is 62.6 cm³/mol. The lowest BCUT2D eigenvalue weighted by atomic mass is 10.1. The Balaban J connectivity index is 2.26. The third kappa shape index (κ3) is 4.72. The number of hydrogen-bond donors (Lipinski definition) is 1. The first kappa shape index (κ1) is 11.7. The highest BCUT2D eigenvalue weighted by molar-refractivity contribution is 8.00. The Morgan fingerprint density at radius 3 is 2.71 bits per heavy atom. The van der Waals surface area contributed by atoms with Crippen molar-refractivity contribution in [1.29, 1.82) is 0 Å². The minimum Gasteiger partial charge on any atom is -0.472 e. The van der Waals surface area contributed by atoms with Crippen molar-refractivity contribution in [2.75, 3.05) is 5.75 Å². The van der Waals surface area contributed by atoms with Gasteiger partial charge in [0.25, 0.3) is 0 Å². The van der Waals surface area contributed by atoms with E-state index in [1.54, 1.807) is 12.5 Å². The minimum absolute atomic E-state index is 0.219. The zero-order chi connectivity index (χ0) is 10.6. The molecule has 2 N–H and O–H groups in total. The summed E-state index contributed by atoms with van der Waals surface area (Å²) in [4.78, 5) is 0. The number of rotatable bonds is 4. The van der Waals surface area contributed by atoms with Crippen molar-refractivity contribution in [1.82, 2.24) is 0 Å². The van der Waals surface area contributed by atoms with E-state index in [9.17, 15) is 0 Å². The summed E-state index contributed by atoms with van der Waals surface area (Å²) in [5, 5.41) is 0. The number of furan rings is 1. The molecule has 1 atom stereocenters. The SMILES string of the molecule is CC(C)(C)SCC(N)Cc1ccoc1. The molecule has 0 saturated carbocycles. The van der Waals surface area contributed by atoms with E-state index in [1.165, 1.54) is 5.56 Å². The van der Waals surface area contributed by atoms with Crippen molar-refractivity contribution in [2.45, 2.75) is 38.0 Å². The third-order valence-electron chi connectivity index (χ3n) is 1.81. The molecule has 0 bridgehead atoms. The van der Waals surface area contributed by atoms with E-state index >= 15 is 0 Å². The quantitative estimate of drug-likeness (QED) is 0.835. The molecule has 1 aromatic heterocycles. The lowest BCUT2D eigenvalue weighted by Crippen LogP contribution is -2.27. The summed E-state index contributed by atoms with van der Waals surface area (Å²) >= 11 is 1.91. The molecule has 0 radical (unpaired) electrons. The fraction of sp³-hybridized carbons (Fsp3) is 0.636. The van der Waals surface area contributed by atoms with E-state index in [1.807, 2.05) is 17.8 Å². The van der Waals surface area contributed by atoms with Crippen molar-refractivity contribution < 1.29 is 4.42 Å². The first-order chi connectivity index (χ1) is 6.47. The summed E-state index contributed by atoms with van der Waals surface area (Å²) in [7, 11) is 0. The van der Waals surface area contributed by atoms with Crippen LogP contribution in [0, 0.1) is 0 Å². The molecule has 0 aliphatic carbocycles. The molecule has 3 heteroatoms. The van der Waals surface area contributed by atoms with Gasteiger partial charge in [0.1, 0.15) is 0 Å². The van der Waals surface area contributed by atoms with Crippen LogP contribution in [0.2, 0.25) is 0 Å². The average Bonchev–Trinajstić information content (AvgIpc) is 2.52. The summed E-state index contributed by atoms with van der Waals surface area (Å²) in [5.41, 5.74) is 7.20. The Bertz CT molecular complexity index is 251. The zero-order valence-corrected chi connectivity index (χ0v) is 9.93. The van der Waals surface area contributed by atoms with Crippen LogP contribution in [0.25, 0.3) is 0 Å². The second-order valence-corrected chi connectivity index (χ2v) is 6.37. The summed E-state index contributed by atoms with van der Waals surface area (Å²) in [6.45, 7) is 6.63. The largest absolute Gasteiger partial charge is 0.472 e. The van der Waals surface area contributed by atoms with Gasteiger partial charge in [0.2, 0.25) is 0 Å². The molecule has 14 heavy (non-hydrogen) atoms. The lowest BCUT2D eigenvalue weighted by Gasteiger charge is -2.20. The smallest absolute Gasteiger partial charge is 0.0935 e. The highest BCUT2D eigenvalue weighted by atomic mass is 32.2. The normalized spacial score (nSPS) is 14.3. The van der Waals surface area contributed by atoms with E-state index in [4.69, 9.17) is 10.2 Å². The predicted octanol–water partition coefficient (Wildman–Crippen LogP) is 2.68. The van der Waals surface area contributed by atoms with Gasteiger partial charge in [-0.1, -0.05) is 20.8 Å². The maximum absolute atomic E-state index is 6.01. The summed E-state index contributed by atoms with van der Waals surface area (Å²) in [5.74, 6) is 0.995. The van der Waals surface area contributed by atoms with Gasteiger partial charge in [-0.05, 0) is 18.1 Å². The van der Waals surface area contributed by atoms with Crippen molar-refractivity contribution in [2.24, 2.45) is 5.73 Å². The van der Waals surface area contributed by atoms with Crippen LogP contribution in [0.15, 0.2) is 23.0 Å². The molecule has 0 aliphatic heterocycles. The summed E-state index contributed by atoms with van der Waals surface area (Å²) in [6.07, 6.45) is 4.36. The summed E-state index contributed by atoms with van der Waals surface area (Å²) in [6, 6.07) is 2.19. The first-order valence-electron chi connectivity index (χ1n) is 4.88. The van der Waals surface area contributed by atoms with E-state index in [2.05, 4.69) is 20.8 Å². The van der Waals surface area contributed by atoms with Gasteiger partial charge in [0.05, 0.1) is 12.5 Å². The maximum Gasteiger partial charge on any atom is 0.0935 e. The Hall–Kier alpha value is -0.410. The Kier molecular flexibility index (Phi) is 4.08. The topological polar surface area (TPSA) is 39.2 Å². The van der Waals surface area contributed by atoms with Crippen LogP contribution >= 0.6 is 11.8 Å². The third-order valence-corrected chi connectivity index (χ3v) is 3.27. The van der Waals surface area contributed by atoms with Crippen molar-refractivity contribution in [3.63, 3.8) is 0 Å². The molecule has 1 rings (SSSR count). The number of nitrogens with two attached hydrogens (primary N) is 1. The van der Waals surface area contributed by atoms with Crippen molar-refractivity contribution in [3.05, 3.63) is 24.2 Å². The van der Waals surface area contributed by atoms with Crippen LogP contribution in [-0.2, 0) is 6.42 Å². The zero-order valence-electron chi connectivity index (χ0n) is 9.12. The van der Waals surface area contributed by atoms with Crippen molar-refractivity contribution >= 4 is 11.8 Å². The van der Waals surface area contributed by atoms with E-state index in [0.29, 0.717) is 4.75 Å². The lowest BCUT2D eigenvalue weighted by molar-refractivity contribution is 0.562. The first-order valence-corrected chi connectivity index (χ1v) is 5.86. The Labute approximate surface area is 90.2 Å². The van der Waals surface area contributed by atoms with Crippen LogP contribution in [0.1, 0.15) is 26.3 Å². The molecule has 0 saturated heterocycles. The fourth-order valence-corrected chi connectivity index (χ4v) is 1.96. The molecule has 0 aromatic carbocycles. The number of thioether (sulfide) groups is 1. The van der Waals surface area contributed by atoms with Gasteiger partial charge in [0, 0.05) is 16.5 Å². The molecule has 1 heterocycles. The monoisotopic (exact) mass is 213 g/mol. The van der Waals surface area contributed by atoms with Gasteiger partial charge in [-0.2, -0.15) is 11.8 Å². The van der Waals surface area contributed by atoms with Crippen LogP contribution in [-0.4, -0.2) is 16.5 Å². The van der Waals surface area contributed by atoms with Gasteiger partial charge in [-0.25, -0.2) is 0 Å². The molecule has 0 aliphatic rings. The molecule has 0 fully saturated rings. The Morgan fingerprint density at radius 2 is 2.21 bits per heavy atom. The molecule has 0 spiro atoms. The molecular formula is C11H19NOS. The highest BCUT2D eigenvalue weighted by Crippen LogP contribution is 2.23. The molecule has 2 nitrogen and oxygen atoms in total. The molecular weight excluding hydrogens is 194 g/mol. The maximum atomic E-state index is 6.01. The molecule has 80 valence electrons. The van der Waals surface area contributed by atoms with Crippen LogP contribution < -0.4 is 5.73 Å². The van der Waals surface area contributed by atoms with Crippen molar-refractivity contribution in [3.8, 4) is 0 Å².